The van der Waals surface area contributed by atoms with Gasteiger partial charge >= 0.3 is 0 Å². The highest BCUT2D eigenvalue weighted by Crippen LogP contribution is 2.07. The van der Waals surface area contributed by atoms with Crippen LogP contribution in [0.15, 0.2) is 17.3 Å². The van der Waals surface area contributed by atoms with Crippen molar-refractivity contribution in [2.24, 2.45) is 17.8 Å². The van der Waals surface area contributed by atoms with Crippen LogP contribution in [0.2, 0.25) is 0 Å². The van der Waals surface area contributed by atoms with Gasteiger partial charge in [-0.2, -0.15) is 5.10 Å². The number of guanidine groups is 1. The van der Waals surface area contributed by atoms with E-state index in [1.165, 1.54) is 0 Å². The fourth-order valence-electron chi connectivity index (χ4n) is 1.00. The molecule has 14 heavy (non-hydrogen) atoms. The summed E-state index contributed by atoms with van der Waals surface area (Å²) in [7, 11) is 1.85. The molecule has 1 aromatic rings. The van der Waals surface area contributed by atoms with Crippen LogP contribution in [0, 0.1) is 0 Å². The Morgan fingerprint density at radius 3 is 2.64 bits per heavy atom. The van der Waals surface area contributed by atoms with Crippen LogP contribution in [-0.4, -0.2) is 21.3 Å². The van der Waals surface area contributed by atoms with E-state index in [1.54, 1.807) is 4.68 Å². The average molecular weight is 195 g/mol. The third kappa shape index (κ3) is 3.47. The van der Waals surface area contributed by atoms with Crippen LogP contribution in [-0.2, 0) is 7.05 Å². The summed E-state index contributed by atoms with van der Waals surface area (Å²) in [6.07, 6.45) is 1.84. The summed E-state index contributed by atoms with van der Waals surface area (Å²) in [6.45, 7) is 5.96. The fraction of sp³-hybridized carbons (Fsp3) is 0.556. The Balaban J connectivity index is 2.66. The number of nitrogens with zero attached hydrogens (tertiary/aromatic N) is 3. The largest absolute Gasteiger partial charge is 0.370 e. The summed E-state index contributed by atoms with van der Waals surface area (Å²) >= 11 is 0. The van der Waals surface area contributed by atoms with E-state index < -0.39 is 0 Å². The molecule has 0 unspecified atom stereocenters. The molecular weight excluding hydrogens is 178 g/mol. The monoisotopic (exact) mass is 195 g/mol. The molecule has 0 aliphatic rings. The number of aliphatic imine (C=N–C) groups is 1. The molecule has 78 valence electrons. The Bertz CT molecular complexity index is 331. The molecule has 1 aromatic heterocycles. The van der Waals surface area contributed by atoms with Crippen molar-refractivity contribution in [2.75, 3.05) is 5.32 Å². The third-order valence-electron chi connectivity index (χ3n) is 1.43. The van der Waals surface area contributed by atoms with Gasteiger partial charge in [0.05, 0.1) is 5.54 Å². The predicted octanol–water partition coefficient (Wildman–Crippen LogP) is 0.945. The van der Waals surface area contributed by atoms with Crippen LogP contribution >= 0.6 is 0 Å². The topological polar surface area (TPSA) is 68.2 Å². The SMILES string of the molecule is Cn1ccc(NC(N)=NC(C)(C)C)n1. The van der Waals surface area contributed by atoms with Crippen molar-refractivity contribution in [1.29, 1.82) is 0 Å². The van der Waals surface area contributed by atoms with E-state index in [0.29, 0.717) is 11.8 Å². The molecule has 0 aromatic carbocycles. The first-order valence-corrected chi connectivity index (χ1v) is 4.49. The zero-order chi connectivity index (χ0) is 10.8. The lowest BCUT2D eigenvalue weighted by atomic mass is 10.1. The van der Waals surface area contributed by atoms with Gasteiger partial charge < -0.3 is 11.1 Å². The van der Waals surface area contributed by atoms with Crippen molar-refractivity contribution in [2.45, 2.75) is 26.3 Å². The van der Waals surface area contributed by atoms with Gasteiger partial charge in [0.1, 0.15) is 0 Å². The van der Waals surface area contributed by atoms with Crippen LogP contribution < -0.4 is 11.1 Å². The van der Waals surface area contributed by atoms with Crippen LogP contribution in [0.4, 0.5) is 5.82 Å². The van der Waals surface area contributed by atoms with Crippen molar-refractivity contribution in [3.8, 4) is 0 Å². The number of nitrogens with two attached hydrogens (primary N) is 1. The van der Waals surface area contributed by atoms with Crippen LogP contribution in [0.3, 0.4) is 0 Å². The molecule has 5 nitrogen and oxygen atoms in total. The van der Waals surface area contributed by atoms with E-state index in [2.05, 4.69) is 15.4 Å². The molecule has 5 heteroatoms. The minimum Gasteiger partial charge on any atom is -0.370 e. The molecule has 0 saturated heterocycles. The highest BCUT2D eigenvalue weighted by molar-refractivity contribution is 5.91. The first-order chi connectivity index (χ1) is 6.37. The van der Waals surface area contributed by atoms with Crippen molar-refractivity contribution in [3.05, 3.63) is 12.3 Å². The van der Waals surface area contributed by atoms with Gasteiger partial charge in [-0.05, 0) is 20.8 Å². The molecule has 0 aliphatic carbocycles. The van der Waals surface area contributed by atoms with Gasteiger partial charge in [-0.1, -0.05) is 0 Å². The van der Waals surface area contributed by atoms with Crippen molar-refractivity contribution >= 4 is 11.8 Å². The second-order valence-electron chi connectivity index (χ2n) is 4.17. The van der Waals surface area contributed by atoms with Gasteiger partial charge in [0.25, 0.3) is 0 Å². The van der Waals surface area contributed by atoms with Gasteiger partial charge in [-0.3, -0.25) is 4.68 Å². The van der Waals surface area contributed by atoms with Gasteiger partial charge in [-0.15, -0.1) is 0 Å². The number of hydrogen-bond donors (Lipinski definition) is 2. The lowest BCUT2D eigenvalue weighted by Crippen LogP contribution is -2.27. The minimum atomic E-state index is -0.175. The number of rotatable bonds is 1. The second-order valence-corrected chi connectivity index (χ2v) is 4.17. The zero-order valence-corrected chi connectivity index (χ0v) is 9.07. The third-order valence-corrected chi connectivity index (χ3v) is 1.43. The minimum absolute atomic E-state index is 0.175. The molecule has 0 fully saturated rings. The second kappa shape index (κ2) is 3.69. The predicted molar refractivity (Wildman–Crippen MR) is 58.2 cm³/mol. The molecule has 0 atom stereocenters. The van der Waals surface area contributed by atoms with Crippen LogP contribution in [0.1, 0.15) is 20.8 Å². The molecular formula is C9H17N5. The Kier molecular flexibility index (Phi) is 2.78. The van der Waals surface area contributed by atoms with Gasteiger partial charge in [0.2, 0.25) is 0 Å². The molecule has 0 bridgehead atoms. The van der Waals surface area contributed by atoms with Crippen LogP contribution in [0.5, 0.6) is 0 Å². The maximum absolute atomic E-state index is 5.69. The number of nitrogens with one attached hydrogen (secondary N) is 1. The van der Waals surface area contributed by atoms with E-state index in [-0.39, 0.29) is 5.54 Å². The number of hydrogen-bond acceptors (Lipinski definition) is 2. The lowest BCUT2D eigenvalue weighted by molar-refractivity contribution is 0.583. The van der Waals surface area contributed by atoms with Crippen molar-refractivity contribution in [1.82, 2.24) is 9.78 Å². The molecule has 0 spiro atoms. The van der Waals surface area contributed by atoms with Crippen LogP contribution in [0.25, 0.3) is 0 Å². The van der Waals surface area contributed by atoms with Crippen molar-refractivity contribution < 1.29 is 0 Å². The summed E-state index contributed by atoms with van der Waals surface area (Å²) in [5, 5.41) is 7.04. The van der Waals surface area contributed by atoms with E-state index in [0.717, 1.165) is 0 Å². The maximum atomic E-state index is 5.69. The van der Waals surface area contributed by atoms with Gasteiger partial charge in [-0.25, -0.2) is 4.99 Å². The first kappa shape index (κ1) is 10.6. The average Bonchev–Trinajstić information content (AvgIpc) is 2.30. The van der Waals surface area contributed by atoms with E-state index in [9.17, 15) is 0 Å². The van der Waals surface area contributed by atoms with E-state index in [4.69, 9.17) is 5.73 Å². The zero-order valence-electron chi connectivity index (χ0n) is 9.07. The van der Waals surface area contributed by atoms with E-state index >= 15 is 0 Å². The Hall–Kier alpha value is -1.52. The molecule has 0 amide bonds. The Morgan fingerprint density at radius 2 is 2.21 bits per heavy atom. The molecule has 1 rings (SSSR count). The molecule has 0 aliphatic heterocycles. The highest BCUT2D eigenvalue weighted by atomic mass is 15.3. The molecule has 0 radical (unpaired) electrons. The Labute approximate surface area is 84.0 Å². The summed E-state index contributed by atoms with van der Waals surface area (Å²) in [4.78, 5) is 4.25. The summed E-state index contributed by atoms with van der Waals surface area (Å²) in [6, 6.07) is 1.84. The number of aryl methyl sites for hydroxylation is 1. The Morgan fingerprint density at radius 1 is 1.57 bits per heavy atom. The maximum Gasteiger partial charge on any atom is 0.194 e. The first-order valence-electron chi connectivity index (χ1n) is 4.49. The standard InChI is InChI=1S/C9H17N5/c1-9(2,3)12-8(10)11-7-5-6-14(4)13-7/h5-6H,1-4H3,(H3,10,11,12,13). The smallest absolute Gasteiger partial charge is 0.194 e. The summed E-state index contributed by atoms with van der Waals surface area (Å²) < 4.78 is 1.70. The highest BCUT2D eigenvalue weighted by Gasteiger charge is 2.08. The molecule has 1 heterocycles. The number of anilines is 1. The number of aromatic nitrogens is 2. The summed E-state index contributed by atoms with van der Waals surface area (Å²) in [5.74, 6) is 1.09. The van der Waals surface area contributed by atoms with Gasteiger partial charge in [0, 0.05) is 19.3 Å². The normalized spacial score (nSPS) is 13.0. The lowest BCUT2D eigenvalue weighted by Gasteiger charge is -2.13. The quantitative estimate of drug-likeness (QED) is 0.517. The summed E-state index contributed by atoms with van der Waals surface area (Å²) in [5.41, 5.74) is 5.52. The van der Waals surface area contributed by atoms with E-state index in [1.807, 2.05) is 40.1 Å². The van der Waals surface area contributed by atoms with Crippen molar-refractivity contribution in [3.63, 3.8) is 0 Å². The van der Waals surface area contributed by atoms with Gasteiger partial charge in [0.15, 0.2) is 11.8 Å². The molecule has 3 N–H and O–H groups in total. The fourth-order valence-corrected chi connectivity index (χ4v) is 1.00. The molecule has 0 saturated carbocycles.